The summed E-state index contributed by atoms with van der Waals surface area (Å²) < 4.78 is 1.99. The Morgan fingerprint density at radius 2 is 1.70 bits per heavy atom. The molecule has 3 aromatic rings. The van der Waals surface area contributed by atoms with Crippen LogP contribution in [0.3, 0.4) is 0 Å². The van der Waals surface area contributed by atoms with Crippen molar-refractivity contribution in [2.45, 2.75) is 64.1 Å². The molecule has 0 unspecified atom stereocenters. The van der Waals surface area contributed by atoms with Crippen LogP contribution in [0.5, 0.6) is 0 Å². The van der Waals surface area contributed by atoms with Crippen molar-refractivity contribution in [3.63, 3.8) is 0 Å². The maximum atomic E-state index is 4.64. The van der Waals surface area contributed by atoms with E-state index in [9.17, 15) is 0 Å². The molecule has 3 heterocycles. The number of nitrogens with zero attached hydrogens (tertiary/aromatic N) is 5. The van der Waals surface area contributed by atoms with E-state index >= 15 is 0 Å². The highest BCUT2D eigenvalue weighted by molar-refractivity contribution is 5.30. The van der Waals surface area contributed by atoms with Gasteiger partial charge in [0.05, 0.1) is 11.9 Å². The Labute approximate surface area is 198 Å². The molecule has 1 aliphatic heterocycles. The summed E-state index contributed by atoms with van der Waals surface area (Å²) in [6, 6.07) is 15.5. The number of rotatable bonds is 8. The summed E-state index contributed by atoms with van der Waals surface area (Å²) in [6.45, 7) is 5.55. The molecule has 5 heteroatoms. The molecule has 33 heavy (non-hydrogen) atoms. The number of likely N-dealkylation sites (tertiary alicyclic amines) is 1. The highest BCUT2D eigenvalue weighted by atomic mass is 15.3. The van der Waals surface area contributed by atoms with Crippen LogP contribution in [-0.4, -0.2) is 50.2 Å². The SMILES string of the molecule is c1ccc(-n2cc(CN(Cc3cccnc3)C[C@H]3CCCN(C4CCCCC4)C3)cn2)cc1. The molecule has 1 saturated heterocycles. The largest absolute Gasteiger partial charge is 0.300 e. The van der Waals surface area contributed by atoms with E-state index in [0.717, 1.165) is 37.3 Å². The first-order valence-electron chi connectivity index (χ1n) is 12.8. The number of hydrogen-bond acceptors (Lipinski definition) is 4. The predicted octanol–water partition coefficient (Wildman–Crippen LogP) is 5.31. The molecule has 2 aliphatic rings. The third kappa shape index (κ3) is 6.10. The number of benzene rings is 1. The topological polar surface area (TPSA) is 37.2 Å². The van der Waals surface area contributed by atoms with Crippen molar-refractivity contribution in [1.82, 2.24) is 24.6 Å². The van der Waals surface area contributed by atoms with E-state index in [2.05, 4.69) is 56.4 Å². The van der Waals surface area contributed by atoms with Gasteiger partial charge in [-0.1, -0.05) is 43.5 Å². The fraction of sp³-hybridized carbons (Fsp3) is 0.500. The fourth-order valence-electron chi connectivity index (χ4n) is 5.75. The number of para-hydroxylation sites is 1. The minimum Gasteiger partial charge on any atom is -0.300 e. The van der Waals surface area contributed by atoms with Crippen molar-refractivity contribution < 1.29 is 0 Å². The van der Waals surface area contributed by atoms with Gasteiger partial charge in [0.15, 0.2) is 0 Å². The first kappa shape index (κ1) is 22.3. The van der Waals surface area contributed by atoms with E-state index in [1.807, 2.05) is 35.4 Å². The number of hydrogen-bond donors (Lipinski definition) is 0. The third-order valence-electron chi connectivity index (χ3n) is 7.35. The molecule has 0 N–H and O–H groups in total. The van der Waals surface area contributed by atoms with Gasteiger partial charge in [-0.05, 0) is 61.9 Å². The average molecular weight is 444 g/mol. The summed E-state index contributed by atoms with van der Waals surface area (Å²) in [7, 11) is 0. The highest BCUT2D eigenvalue weighted by Gasteiger charge is 2.28. The van der Waals surface area contributed by atoms with E-state index in [-0.39, 0.29) is 0 Å². The molecule has 1 saturated carbocycles. The maximum Gasteiger partial charge on any atom is 0.0645 e. The lowest BCUT2D eigenvalue weighted by Crippen LogP contribution is -2.46. The molecule has 0 spiro atoms. The molecular weight excluding hydrogens is 406 g/mol. The standard InChI is InChI=1S/C28H37N5/c1-3-11-27(12-4-1)32-16-8-10-25(22-32)20-31(19-24-9-7-15-29-17-24)21-26-18-30-33(23-26)28-13-5-2-6-14-28/h2,5-7,9,13-15,17-18,23,25,27H,1,3-4,8,10-12,16,19-22H2/t25-/m1/s1. The second-order valence-corrected chi connectivity index (χ2v) is 9.95. The number of pyridine rings is 1. The van der Waals surface area contributed by atoms with Crippen LogP contribution in [0.1, 0.15) is 56.1 Å². The van der Waals surface area contributed by atoms with Gasteiger partial charge in [0.25, 0.3) is 0 Å². The molecule has 1 atom stereocenters. The number of aromatic nitrogens is 3. The second-order valence-electron chi connectivity index (χ2n) is 9.95. The summed E-state index contributed by atoms with van der Waals surface area (Å²) in [5, 5.41) is 4.64. The van der Waals surface area contributed by atoms with E-state index < -0.39 is 0 Å². The molecule has 2 fully saturated rings. The Morgan fingerprint density at radius 1 is 0.848 bits per heavy atom. The van der Waals surface area contributed by atoms with E-state index in [1.165, 1.54) is 69.2 Å². The van der Waals surface area contributed by atoms with Gasteiger partial charge in [-0.15, -0.1) is 0 Å². The normalized spacial score (nSPS) is 20.3. The summed E-state index contributed by atoms with van der Waals surface area (Å²) in [6.07, 6.45) is 17.9. The van der Waals surface area contributed by atoms with Crippen molar-refractivity contribution in [2.75, 3.05) is 19.6 Å². The van der Waals surface area contributed by atoms with Crippen LogP contribution in [0.4, 0.5) is 0 Å². The van der Waals surface area contributed by atoms with E-state index in [4.69, 9.17) is 0 Å². The van der Waals surface area contributed by atoms with Crippen LogP contribution in [0.25, 0.3) is 5.69 Å². The lowest BCUT2D eigenvalue weighted by molar-refractivity contribution is 0.0771. The maximum absolute atomic E-state index is 4.64. The van der Waals surface area contributed by atoms with Crippen LogP contribution < -0.4 is 0 Å². The molecule has 5 nitrogen and oxygen atoms in total. The molecule has 5 rings (SSSR count). The van der Waals surface area contributed by atoms with Crippen LogP contribution in [0.15, 0.2) is 67.3 Å². The molecule has 0 bridgehead atoms. The lowest BCUT2D eigenvalue weighted by atomic mass is 9.90. The zero-order valence-corrected chi connectivity index (χ0v) is 19.7. The van der Waals surface area contributed by atoms with E-state index in [1.54, 1.807) is 0 Å². The van der Waals surface area contributed by atoms with Gasteiger partial charge in [0, 0.05) is 56.4 Å². The van der Waals surface area contributed by atoms with Crippen molar-refractivity contribution in [3.8, 4) is 5.69 Å². The zero-order valence-electron chi connectivity index (χ0n) is 19.7. The molecule has 0 amide bonds. The van der Waals surface area contributed by atoms with Crippen molar-refractivity contribution >= 4 is 0 Å². The van der Waals surface area contributed by atoms with Crippen molar-refractivity contribution in [2.24, 2.45) is 5.92 Å². The second kappa shape index (κ2) is 11.1. The molecular formula is C28H37N5. The smallest absolute Gasteiger partial charge is 0.0645 e. The predicted molar refractivity (Wildman–Crippen MR) is 133 cm³/mol. The van der Waals surface area contributed by atoms with E-state index in [0.29, 0.717) is 0 Å². The van der Waals surface area contributed by atoms with Crippen LogP contribution in [0.2, 0.25) is 0 Å². The van der Waals surface area contributed by atoms with Gasteiger partial charge >= 0.3 is 0 Å². The quantitative estimate of drug-likeness (QED) is 0.473. The van der Waals surface area contributed by atoms with Crippen molar-refractivity contribution in [1.29, 1.82) is 0 Å². The Morgan fingerprint density at radius 3 is 2.52 bits per heavy atom. The monoisotopic (exact) mass is 443 g/mol. The summed E-state index contributed by atoms with van der Waals surface area (Å²) in [4.78, 5) is 9.79. The summed E-state index contributed by atoms with van der Waals surface area (Å²) in [5.74, 6) is 0.738. The van der Waals surface area contributed by atoms with Gasteiger partial charge in [0.2, 0.25) is 0 Å². The average Bonchev–Trinajstić information content (AvgIpc) is 3.34. The number of piperidine rings is 1. The minimum atomic E-state index is 0.738. The van der Waals surface area contributed by atoms with Gasteiger partial charge in [0.1, 0.15) is 0 Å². The first-order chi connectivity index (χ1) is 16.3. The van der Waals surface area contributed by atoms with Crippen LogP contribution in [0, 0.1) is 5.92 Å². The van der Waals surface area contributed by atoms with Crippen molar-refractivity contribution in [3.05, 3.63) is 78.4 Å². The van der Waals surface area contributed by atoms with Gasteiger partial charge in [-0.2, -0.15) is 5.10 Å². The zero-order chi connectivity index (χ0) is 22.3. The lowest BCUT2D eigenvalue weighted by Gasteiger charge is -2.41. The van der Waals surface area contributed by atoms with Crippen LogP contribution >= 0.6 is 0 Å². The Balaban J connectivity index is 1.27. The molecule has 1 aromatic carbocycles. The third-order valence-corrected chi connectivity index (χ3v) is 7.35. The Kier molecular flexibility index (Phi) is 7.49. The first-order valence-corrected chi connectivity index (χ1v) is 12.8. The molecule has 2 aromatic heterocycles. The van der Waals surface area contributed by atoms with Gasteiger partial charge < -0.3 is 4.90 Å². The van der Waals surface area contributed by atoms with Crippen LogP contribution in [-0.2, 0) is 13.1 Å². The Hall–Kier alpha value is -2.50. The summed E-state index contributed by atoms with van der Waals surface area (Å²) >= 11 is 0. The molecule has 0 radical (unpaired) electrons. The van der Waals surface area contributed by atoms with Gasteiger partial charge in [-0.3, -0.25) is 9.88 Å². The highest BCUT2D eigenvalue weighted by Crippen LogP contribution is 2.28. The fourth-order valence-corrected chi connectivity index (χ4v) is 5.75. The van der Waals surface area contributed by atoms with Gasteiger partial charge in [-0.25, -0.2) is 4.68 Å². The Bertz CT molecular complexity index is 964. The summed E-state index contributed by atoms with van der Waals surface area (Å²) in [5.41, 5.74) is 3.66. The molecule has 1 aliphatic carbocycles. The minimum absolute atomic E-state index is 0.738. The molecule has 174 valence electrons.